The standard InChI is InChI=1S/C39H57BN4O6/c1-37(2,3)48-36(46)29-12-10-11-26(35(29)47-7)22-32(40-49-31-24-27-23-30(38(27,4)5)39(31,6)50-40)44-34(45)21-25-14-16-28(17-15-25)41-19-20-43-33-13-8-9-18-42-33/h8-13,18,25,27-28,30-32,41H,14-17,19-24H2,1-7H3,(H,42,43)(H,44,45)/t25?,27?,28?,30?,31?,32-,39?/m0/s1. The van der Waals surface area contributed by atoms with Crippen LogP contribution in [-0.2, 0) is 25.3 Å². The number of aromatic nitrogens is 1. The van der Waals surface area contributed by atoms with Crippen LogP contribution in [0.15, 0.2) is 42.6 Å². The minimum absolute atomic E-state index is 0.00471. The Kier molecular flexibility index (Phi) is 10.9. The van der Waals surface area contributed by atoms with Crippen molar-refractivity contribution in [3.8, 4) is 5.75 Å². The first-order chi connectivity index (χ1) is 23.8. The molecule has 272 valence electrons. The Morgan fingerprint density at radius 3 is 2.50 bits per heavy atom. The lowest BCUT2D eigenvalue weighted by molar-refractivity contribution is -0.199. The highest BCUT2D eigenvalue weighted by molar-refractivity contribution is 6.48. The SMILES string of the molecule is COc1c(C[C@H](NC(=O)CC2CCC(NCCNc3ccccn3)CC2)B2OC3CC4CC(C4(C)C)C3(C)O2)cccc1C(=O)OC(C)(C)C. The van der Waals surface area contributed by atoms with Crippen LogP contribution in [0.2, 0.25) is 0 Å². The van der Waals surface area contributed by atoms with Gasteiger partial charge in [-0.25, -0.2) is 9.78 Å². The number of benzene rings is 1. The molecule has 10 nitrogen and oxygen atoms in total. The number of hydrogen-bond donors (Lipinski definition) is 3. The summed E-state index contributed by atoms with van der Waals surface area (Å²) in [6, 6.07) is 11.8. The van der Waals surface area contributed by atoms with E-state index >= 15 is 0 Å². The normalized spacial score (nSPS) is 28.9. The lowest BCUT2D eigenvalue weighted by atomic mass is 9.43. The van der Waals surface area contributed by atoms with E-state index in [2.05, 4.69) is 41.7 Å². The molecule has 1 amide bonds. The quantitative estimate of drug-likeness (QED) is 0.132. The smallest absolute Gasteiger partial charge is 0.482 e. The largest absolute Gasteiger partial charge is 0.496 e. The summed E-state index contributed by atoms with van der Waals surface area (Å²) in [6.07, 6.45) is 8.85. The summed E-state index contributed by atoms with van der Waals surface area (Å²) in [5.41, 5.74) is 0.303. The van der Waals surface area contributed by atoms with Gasteiger partial charge >= 0.3 is 13.1 Å². The monoisotopic (exact) mass is 688 g/mol. The molecule has 1 aromatic carbocycles. The van der Waals surface area contributed by atoms with Crippen molar-refractivity contribution in [2.75, 3.05) is 25.5 Å². The first-order valence-corrected chi connectivity index (χ1v) is 18.7. The Labute approximate surface area is 298 Å². The average molecular weight is 689 g/mol. The fourth-order valence-electron chi connectivity index (χ4n) is 9.04. The molecule has 4 unspecified atom stereocenters. The number of ether oxygens (including phenoxy) is 2. The first-order valence-electron chi connectivity index (χ1n) is 18.7. The van der Waals surface area contributed by atoms with Crippen LogP contribution in [0, 0.1) is 23.2 Å². The second kappa shape index (κ2) is 14.8. The van der Waals surface area contributed by atoms with Gasteiger partial charge < -0.3 is 34.7 Å². The van der Waals surface area contributed by atoms with Gasteiger partial charge in [0.05, 0.1) is 24.8 Å². The van der Waals surface area contributed by atoms with Crippen molar-refractivity contribution in [1.29, 1.82) is 0 Å². The van der Waals surface area contributed by atoms with Gasteiger partial charge in [-0.3, -0.25) is 4.79 Å². The van der Waals surface area contributed by atoms with Crippen LogP contribution in [0.4, 0.5) is 5.82 Å². The Hall–Kier alpha value is -3.15. The number of hydrogen-bond acceptors (Lipinski definition) is 9. The van der Waals surface area contributed by atoms with Gasteiger partial charge in [0.25, 0.3) is 0 Å². The van der Waals surface area contributed by atoms with E-state index in [1.807, 2.05) is 51.1 Å². The number of methoxy groups -OCH3 is 1. The molecule has 5 atom stereocenters. The molecule has 1 aliphatic heterocycles. The zero-order valence-electron chi connectivity index (χ0n) is 31.1. The van der Waals surface area contributed by atoms with E-state index in [1.54, 1.807) is 19.4 Å². The van der Waals surface area contributed by atoms with Crippen molar-refractivity contribution >= 4 is 24.8 Å². The molecule has 4 aliphatic carbocycles. The van der Waals surface area contributed by atoms with Gasteiger partial charge in [-0.1, -0.05) is 32.0 Å². The number of rotatable bonds is 13. The minimum atomic E-state index is -0.646. The number of pyridine rings is 1. The van der Waals surface area contributed by atoms with Gasteiger partial charge in [0.15, 0.2) is 0 Å². The van der Waals surface area contributed by atoms with Crippen molar-refractivity contribution in [1.82, 2.24) is 15.6 Å². The molecule has 7 rings (SSSR count). The number of carbonyl (C=O) groups excluding carboxylic acids is 2. The summed E-state index contributed by atoms with van der Waals surface area (Å²) < 4.78 is 25.1. The lowest BCUT2D eigenvalue weighted by Gasteiger charge is -2.64. The predicted octanol–water partition coefficient (Wildman–Crippen LogP) is 5.99. The van der Waals surface area contributed by atoms with Crippen molar-refractivity contribution in [2.24, 2.45) is 23.2 Å². The predicted molar refractivity (Wildman–Crippen MR) is 195 cm³/mol. The van der Waals surface area contributed by atoms with Gasteiger partial charge in [0.1, 0.15) is 22.7 Å². The topological polar surface area (TPSA) is 120 Å². The van der Waals surface area contributed by atoms with Gasteiger partial charge in [-0.15, -0.1) is 0 Å². The zero-order chi connectivity index (χ0) is 35.7. The summed E-state index contributed by atoms with van der Waals surface area (Å²) in [6.45, 7) is 14.1. The maximum Gasteiger partial charge on any atom is 0.482 e. The summed E-state index contributed by atoms with van der Waals surface area (Å²) in [7, 11) is 0.953. The summed E-state index contributed by atoms with van der Waals surface area (Å²) >= 11 is 0. The van der Waals surface area contributed by atoms with Crippen LogP contribution in [0.25, 0.3) is 0 Å². The molecule has 0 spiro atoms. The minimum Gasteiger partial charge on any atom is -0.496 e. The summed E-state index contributed by atoms with van der Waals surface area (Å²) in [4.78, 5) is 31.3. The molecule has 2 heterocycles. The third kappa shape index (κ3) is 8.00. The Balaban J connectivity index is 1.10. The van der Waals surface area contributed by atoms with Crippen LogP contribution in [0.3, 0.4) is 0 Å². The molecule has 3 N–H and O–H groups in total. The Morgan fingerprint density at radius 2 is 1.82 bits per heavy atom. The molecule has 0 radical (unpaired) electrons. The van der Waals surface area contributed by atoms with E-state index in [-0.39, 0.29) is 17.4 Å². The van der Waals surface area contributed by atoms with E-state index in [1.165, 1.54) is 0 Å². The van der Waals surface area contributed by atoms with Crippen LogP contribution in [-0.4, -0.2) is 73.5 Å². The van der Waals surface area contributed by atoms with E-state index in [0.717, 1.165) is 63.0 Å². The maximum atomic E-state index is 13.8. The zero-order valence-corrected chi connectivity index (χ0v) is 31.1. The summed E-state index contributed by atoms with van der Waals surface area (Å²) in [5.74, 6) is 1.78. The highest BCUT2D eigenvalue weighted by Crippen LogP contribution is 2.65. The lowest BCUT2D eigenvalue weighted by Crippen LogP contribution is -2.65. The van der Waals surface area contributed by atoms with E-state index in [9.17, 15) is 9.59 Å². The molecule has 4 saturated carbocycles. The van der Waals surface area contributed by atoms with Crippen LogP contribution < -0.4 is 20.7 Å². The molecule has 11 heteroatoms. The van der Waals surface area contributed by atoms with Crippen molar-refractivity contribution in [3.05, 3.63) is 53.7 Å². The van der Waals surface area contributed by atoms with Crippen molar-refractivity contribution in [2.45, 2.75) is 122 Å². The highest BCUT2D eigenvalue weighted by Gasteiger charge is 2.68. The number of para-hydroxylation sites is 1. The Bertz CT molecular complexity index is 1490. The molecule has 1 aromatic heterocycles. The number of amides is 1. The number of anilines is 1. The van der Waals surface area contributed by atoms with E-state index in [0.29, 0.717) is 48.0 Å². The van der Waals surface area contributed by atoms with Gasteiger partial charge in [0.2, 0.25) is 5.91 Å². The van der Waals surface area contributed by atoms with Crippen molar-refractivity contribution in [3.63, 3.8) is 0 Å². The molecule has 5 aliphatic rings. The molecular weight excluding hydrogens is 631 g/mol. The third-order valence-electron chi connectivity index (χ3n) is 11.9. The number of nitrogens with one attached hydrogen (secondary N) is 3. The van der Waals surface area contributed by atoms with Crippen LogP contribution in [0.1, 0.15) is 102 Å². The molecule has 1 saturated heterocycles. The van der Waals surface area contributed by atoms with E-state index < -0.39 is 30.2 Å². The average Bonchev–Trinajstić information content (AvgIpc) is 3.44. The number of nitrogens with zero attached hydrogens (tertiary/aromatic N) is 1. The molecule has 5 fully saturated rings. The highest BCUT2D eigenvalue weighted by atomic mass is 16.7. The molecule has 2 aromatic rings. The Morgan fingerprint density at radius 1 is 1.04 bits per heavy atom. The van der Waals surface area contributed by atoms with E-state index in [4.69, 9.17) is 18.8 Å². The second-order valence-corrected chi connectivity index (χ2v) is 16.7. The van der Waals surface area contributed by atoms with Crippen molar-refractivity contribution < 1.29 is 28.4 Å². The molecule has 2 bridgehead atoms. The number of esters is 1. The first kappa shape index (κ1) is 36.6. The van der Waals surface area contributed by atoms with Gasteiger partial charge in [-0.2, -0.15) is 0 Å². The third-order valence-corrected chi connectivity index (χ3v) is 11.9. The summed E-state index contributed by atoms with van der Waals surface area (Å²) in [5, 5.41) is 10.4. The molecular formula is C39H57BN4O6. The van der Waals surface area contributed by atoms with Crippen LogP contribution in [0.5, 0.6) is 5.75 Å². The second-order valence-electron chi connectivity index (χ2n) is 16.7. The fraction of sp³-hybridized carbons (Fsp3) is 0.667. The van der Waals surface area contributed by atoms with Gasteiger partial charge in [0, 0.05) is 31.7 Å². The maximum absolute atomic E-state index is 13.8. The fourth-order valence-corrected chi connectivity index (χ4v) is 9.04. The molecule has 50 heavy (non-hydrogen) atoms. The van der Waals surface area contributed by atoms with Gasteiger partial charge in [-0.05, 0) is 120 Å². The number of carbonyl (C=O) groups is 2. The van der Waals surface area contributed by atoms with Crippen LogP contribution >= 0.6 is 0 Å².